The molecule has 1 aromatic heterocycles. The van der Waals surface area contributed by atoms with Crippen molar-refractivity contribution >= 4 is 29.4 Å². The van der Waals surface area contributed by atoms with Gasteiger partial charge < -0.3 is 23.5 Å². The number of benzene rings is 1. The molecule has 170 valence electrons. The molecular formula is C23H24ClNO7. The monoisotopic (exact) mass is 461 g/mol. The molecule has 1 atom stereocenters. The van der Waals surface area contributed by atoms with Crippen molar-refractivity contribution in [2.24, 2.45) is 0 Å². The van der Waals surface area contributed by atoms with Gasteiger partial charge in [0.2, 0.25) is 11.7 Å². The van der Waals surface area contributed by atoms with Crippen LogP contribution in [0, 0.1) is 0 Å². The summed E-state index contributed by atoms with van der Waals surface area (Å²) in [5, 5.41) is 0.461. The molecule has 2 heterocycles. The molecule has 1 aliphatic heterocycles. The molecule has 0 aliphatic carbocycles. The van der Waals surface area contributed by atoms with E-state index in [2.05, 4.69) is 4.74 Å². The van der Waals surface area contributed by atoms with Crippen molar-refractivity contribution in [2.75, 3.05) is 27.4 Å². The molecule has 0 radical (unpaired) electrons. The molecule has 1 aliphatic rings. The number of furan rings is 1. The van der Waals surface area contributed by atoms with Gasteiger partial charge in [-0.1, -0.05) is 29.8 Å². The minimum atomic E-state index is -0.616. The third-order valence-corrected chi connectivity index (χ3v) is 5.55. The van der Waals surface area contributed by atoms with Crippen LogP contribution in [-0.4, -0.2) is 50.2 Å². The quantitative estimate of drug-likeness (QED) is 0.437. The van der Waals surface area contributed by atoms with Gasteiger partial charge in [-0.3, -0.25) is 4.79 Å². The maximum absolute atomic E-state index is 13.1. The van der Waals surface area contributed by atoms with Gasteiger partial charge in [0, 0.05) is 30.2 Å². The minimum absolute atomic E-state index is 0.0281. The molecule has 0 saturated carbocycles. The Morgan fingerprint density at radius 1 is 1.12 bits per heavy atom. The van der Waals surface area contributed by atoms with Crippen LogP contribution in [0.2, 0.25) is 5.02 Å². The Bertz CT molecular complexity index is 1040. The summed E-state index contributed by atoms with van der Waals surface area (Å²) < 4.78 is 20.5. The standard InChI is InChI=1S/C23H24ClNO7/c1-14-21(23(28)31-11-10-29-2)17(16-6-4-5-7-18(16)24)12-20(26)25(14)13-15-8-9-19(32-15)22(27)30-3/h4-9,17H,10-13H2,1-3H3. The van der Waals surface area contributed by atoms with Gasteiger partial charge in [0.1, 0.15) is 12.4 Å². The van der Waals surface area contributed by atoms with Gasteiger partial charge >= 0.3 is 11.9 Å². The van der Waals surface area contributed by atoms with E-state index in [0.717, 1.165) is 0 Å². The van der Waals surface area contributed by atoms with E-state index in [0.29, 0.717) is 27.6 Å². The zero-order valence-electron chi connectivity index (χ0n) is 18.1. The van der Waals surface area contributed by atoms with Crippen LogP contribution in [0.4, 0.5) is 0 Å². The van der Waals surface area contributed by atoms with Crippen molar-refractivity contribution < 1.29 is 33.0 Å². The fraction of sp³-hybridized carbons (Fsp3) is 0.348. The van der Waals surface area contributed by atoms with E-state index in [4.69, 9.17) is 25.5 Å². The first-order valence-electron chi connectivity index (χ1n) is 9.96. The Kier molecular flexibility index (Phi) is 7.71. The lowest BCUT2D eigenvalue weighted by molar-refractivity contribution is -0.141. The van der Waals surface area contributed by atoms with E-state index in [1.807, 2.05) is 0 Å². The molecule has 1 unspecified atom stereocenters. The second-order valence-electron chi connectivity index (χ2n) is 7.14. The molecule has 0 saturated heterocycles. The average Bonchev–Trinajstić information content (AvgIpc) is 3.25. The van der Waals surface area contributed by atoms with Crippen LogP contribution >= 0.6 is 11.6 Å². The molecule has 2 aromatic rings. The highest BCUT2D eigenvalue weighted by atomic mass is 35.5. The van der Waals surface area contributed by atoms with E-state index in [1.54, 1.807) is 37.3 Å². The number of hydrogen-bond acceptors (Lipinski definition) is 7. The van der Waals surface area contributed by atoms with Gasteiger partial charge in [-0.25, -0.2) is 9.59 Å². The smallest absolute Gasteiger partial charge is 0.373 e. The fourth-order valence-corrected chi connectivity index (χ4v) is 3.88. The van der Waals surface area contributed by atoms with Crippen LogP contribution in [0.1, 0.15) is 41.1 Å². The van der Waals surface area contributed by atoms with E-state index in [-0.39, 0.29) is 37.8 Å². The Morgan fingerprint density at radius 3 is 2.56 bits per heavy atom. The van der Waals surface area contributed by atoms with Gasteiger partial charge in [0.15, 0.2) is 0 Å². The predicted octanol–water partition coefficient (Wildman–Crippen LogP) is 3.70. The van der Waals surface area contributed by atoms with Crippen molar-refractivity contribution in [3.8, 4) is 0 Å². The molecule has 3 rings (SSSR count). The number of amides is 1. The summed E-state index contributed by atoms with van der Waals surface area (Å²) in [7, 11) is 2.76. The number of halogens is 1. The first-order chi connectivity index (χ1) is 15.4. The Morgan fingerprint density at radius 2 is 1.88 bits per heavy atom. The summed E-state index contributed by atoms with van der Waals surface area (Å²) in [6.45, 7) is 2.06. The number of ether oxygens (including phenoxy) is 3. The lowest BCUT2D eigenvalue weighted by atomic mass is 9.83. The minimum Gasteiger partial charge on any atom is -0.463 e. The first kappa shape index (κ1) is 23.6. The zero-order valence-corrected chi connectivity index (χ0v) is 18.8. The van der Waals surface area contributed by atoms with Crippen molar-refractivity contribution in [1.82, 2.24) is 4.90 Å². The molecule has 0 bridgehead atoms. The number of carbonyl (C=O) groups excluding carboxylic acids is 3. The zero-order chi connectivity index (χ0) is 23.3. The van der Waals surface area contributed by atoms with E-state index in [9.17, 15) is 14.4 Å². The molecule has 0 N–H and O–H groups in total. The normalized spacial score (nSPS) is 16.3. The highest BCUT2D eigenvalue weighted by molar-refractivity contribution is 6.31. The Balaban J connectivity index is 1.97. The number of rotatable bonds is 8. The first-order valence-corrected chi connectivity index (χ1v) is 10.3. The van der Waals surface area contributed by atoms with Gasteiger partial charge in [0.25, 0.3) is 0 Å². The van der Waals surface area contributed by atoms with Gasteiger partial charge in [-0.2, -0.15) is 0 Å². The van der Waals surface area contributed by atoms with E-state index >= 15 is 0 Å². The lowest BCUT2D eigenvalue weighted by Crippen LogP contribution is -2.38. The highest BCUT2D eigenvalue weighted by Crippen LogP contribution is 2.40. The maximum Gasteiger partial charge on any atom is 0.373 e. The molecule has 8 nitrogen and oxygen atoms in total. The number of allylic oxidation sites excluding steroid dienone is 1. The maximum atomic E-state index is 13.1. The van der Waals surface area contributed by atoms with Crippen molar-refractivity contribution in [2.45, 2.75) is 25.8 Å². The third-order valence-electron chi connectivity index (χ3n) is 5.21. The van der Waals surface area contributed by atoms with Crippen LogP contribution in [-0.2, 0) is 30.3 Å². The number of esters is 2. The van der Waals surface area contributed by atoms with Crippen molar-refractivity contribution in [3.63, 3.8) is 0 Å². The molecular weight excluding hydrogens is 438 g/mol. The molecule has 32 heavy (non-hydrogen) atoms. The largest absolute Gasteiger partial charge is 0.463 e. The second kappa shape index (κ2) is 10.5. The number of hydrogen-bond donors (Lipinski definition) is 0. The van der Waals surface area contributed by atoms with Gasteiger partial charge in [-0.15, -0.1) is 0 Å². The topological polar surface area (TPSA) is 95.3 Å². The van der Waals surface area contributed by atoms with Crippen LogP contribution in [0.25, 0.3) is 0 Å². The summed E-state index contributed by atoms with van der Waals surface area (Å²) >= 11 is 6.38. The fourth-order valence-electron chi connectivity index (χ4n) is 3.62. The molecule has 9 heteroatoms. The van der Waals surface area contributed by atoms with Crippen molar-refractivity contribution in [1.29, 1.82) is 0 Å². The summed E-state index contributed by atoms with van der Waals surface area (Å²) in [4.78, 5) is 39.2. The predicted molar refractivity (Wildman–Crippen MR) is 115 cm³/mol. The molecule has 1 aromatic carbocycles. The highest BCUT2D eigenvalue weighted by Gasteiger charge is 2.38. The number of methoxy groups -OCH3 is 2. The Labute approximate surface area is 190 Å². The SMILES string of the molecule is COCCOC(=O)C1=C(C)N(Cc2ccc(C(=O)OC)o2)C(=O)CC1c1ccccc1Cl. The van der Waals surface area contributed by atoms with Crippen LogP contribution in [0.3, 0.4) is 0 Å². The number of nitrogens with zero attached hydrogens (tertiary/aromatic N) is 1. The van der Waals surface area contributed by atoms with E-state index in [1.165, 1.54) is 25.2 Å². The van der Waals surface area contributed by atoms with E-state index < -0.39 is 17.9 Å². The summed E-state index contributed by atoms with van der Waals surface area (Å²) in [5.41, 5.74) is 1.45. The molecule has 0 spiro atoms. The third kappa shape index (κ3) is 5.03. The molecule has 0 fully saturated rings. The average molecular weight is 462 g/mol. The molecule has 1 amide bonds. The summed E-state index contributed by atoms with van der Waals surface area (Å²) in [5.74, 6) is -1.52. The van der Waals surface area contributed by atoms with Crippen molar-refractivity contribution in [3.05, 3.63) is 69.8 Å². The summed E-state index contributed by atoms with van der Waals surface area (Å²) in [6.07, 6.45) is 0.0281. The Hall–Kier alpha value is -3.10. The van der Waals surface area contributed by atoms with Gasteiger partial charge in [-0.05, 0) is 30.7 Å². The number of carbonyl (C=O) groups is 3. The lowest BCUT2D eigenvalue weighted by Gasteiger charge is -2.34. The second-order valence-corrected chi connectivity index (χ2v) is 7.55. The van der Waals surface area contributed by atoms with Crippen LogP contribution < -0.4 is 0 Å². The van der Waals surface area contributed by atoms with Crippen LogP contribution in [0.15, 0.2) is 52.1 Å². The van der Waals surface area contributed by atoms with Crippen LogP contribution in [0.5, 0.6) is 0 Å². The summed E-state index contributed by atoms with van der Waals surface area (Å²) in [6, 6.07) is 10.2. The van der Waals surface area contributed by atoms with Gasteiger partial charge in [0.05, 0.1) is 25.8 Å².